The van der Waals surface area contributed by atoms with Crippen LogP contribution in [0.1, 0.15) is 50.1 Å². The van der Waals surface area contributed by atoms with Gasteiger partial charge in [0.1, 0.15) is 17.6 Å². The average Bonchev–Trinajstić information content (AvgIpc) is 3.52. The summed E-state index contributed by atoms with van der Waals surface area (Å²) in [6.07, 6.45) is 0.912. The number of aromatic nitrogens is 5. The standard InChI is InChI=1S/C29H34N6O4S/c1-2-14-40-29-31-27(24-28(32-29)35(34-33-24)23-15-18(12-13-36)25(37)26(23)38)30-22-16-21(22)17-8-10-20(11-9-17)39-19-6-4-3-5-7-19/h3-11,18,21-23,25-26,36-38H,2,12-16H2,1H3,(H,30,31,32)/t18-,21?,22?,23+,25+,26-/m0/s1. The molecule has 2 unspecified atom stereocenters. The van der Waals surface area contributed by atoms with E-state index in [1.54, 1.807) is 16.4 Å². The van der Waals surface area contributed by atoms with Gasteiger partial charge in [-0.15, -0.1) is 5.10 Å². The maximum atomic E-state index is 10.8. The molecule has 2 fully saturated rings. The summed E-state index contributed by atoms with van der Waals surface area (Å²) in [5.74, 6) is 3.23. The number of ether oxygens (including phenoxy) is 1. The molecule has 4 aromatic rings. The van der Waals surface area contributed by atoms with Gasteiger partial charge in [-0.25, -0.2) is 14.6 Å². The lowest BCUT2D eigenvalue weighted by Crippen LogP contribution is -2.30. The molecule has 6 atom stereocenters. The SMILES string of the molecule is CCCSc1nc(NC2CC2c2ccc(Oc3ccccc3)cc2)c2nnn([C@@H]3C[C@H](CCO)[C@@H](O)[C@H]3O)c2n1. The van der Waals surface area contributed by atoms with Gasteiger partial charge >= 0.3 is 0 Å². The number of hydrogen-bond acceptors (Lipinski definition) is 10. The van der Waals surface area contributed by atoms with Crippen molar-refractivity contribution in [2.24, 2.45) is 5.92 Å². The van der Waals surface area contributed by atoms with Crippen LogP contribution < -0.4 is 10.1 Å². The monoisotopic (exact) mass is 562 g/mol. The lowest BCUT2D eigenvalue weighted by molar-refractivity contribution is 0.00107. The highest BCUT2D eigenvalue weighted by Crippen LogP contribution is 2.44. The summed E-state index contributed by atoms with van der Waals surface area (Å²) < 4.78 is 7.55. The van der Waals surface area contributed by atoms with Gasteiger partial charge in [0, 0.05) is 24.3 Å². The van der Waals surface area contributed by atoms with Gasteiger partial charge in [-0.05, 0) is 61.4 Å². The third-order valence-corrected chi connectivity index (χ3v) is 8.78. The Kier molecular flexibility index (Phi) is 7.88. The first kappa shape index (κ1) is 26.9. The third-order valence-electron chi connectivity index (χ3n) is 7.72. The number of para-hydroxylation sites is 1. The van der Waals surface area contributed by atoms with Crippen molar-refractivity contribution in [1.82, 2.24) is 25.0 Å². The first-order valence-corrected chi connectivity index (χ1v) is 14.9. The number of aliphatic hydroxyl groups excluding tert-OH is 3. The maximum Gasteiger partial charge on any atom is 0.191 e. The van der Waals surface area contributed by atoms with Crippen LogP contribution >= 0.6 is 11.8 Å². The highest BCUT2D eigenvalue weighted by atomic mass is 32.2. The van der Waals surface area contributed by atoms with Gasteiger partial charge in [-0.2, -0.15) is 0 Å². The van der Waals surface area contributed by atoms with Crippen LogP contribution in [0.25, 0.3) is 11.2 Å². The van der Waals surface area contributed by atoms with E-state index < -0.39 is 18.2 Å². The highest BCUT2D eigenvalue weighted by molar-refractivity contribution is 7.99. The van der Waals surface area contributed by atoms with Crippen LogP contribution in [-0.2, 0) is 0 Å². The Morgan fingerprint density at radius 3 is 2.52 bits per heavy atom. The zero-order valence-electron chi connectivity index (χ0n) is 22.3. The summed E-state index contributed by atoms with van der Waals surface area (Å²) >= 11 is 1.57. The molecule has 0 saturated heterocycles. The molecule has 0 radical (unpaired) electrons. The highest BCUT2D eigenvalue weighted by Gasteiger charge is 2.44. The van der Waals surface area contributed by atoms with E-state index in [0.717, 1.165) is 30.1 Å². The molecule has 11 heteroatoms. The van der Waals surface area contributed by atoms with Gasteiger partial charge in [-0.1, -0.05) is 54.2 Å². The Morgan fingerprint density at radius 1 is 1.00 bits per heavy atom. The fraction of sp³-hybridized carbons (Fsp3) is 0.448. The minimum Gasteiger partial charge on any atom is -0.457 e. The lowest BCUT2D eigenvalue weighted by Gasteiger charge is -2.17. The van der Waals surface area contributed by atoms with Crippen LogP contribution in [0.3, 0.4) is 0 Å². The molecule has 2 aromatic carbocycles. The molecule has 6 rings (SSSR count). The summed E-state index contributed by atoms with van der Waals surface area (Å²) in [4.78, 5) is 9.54. The molecule has 2 heterocycles. The predicted molar refractivity (Wildman–Crippen MR) is 153 cm³/mol. The third kappa shape index (κ3) is 5.51. The Labute approximate surface area is 236 Å². The average molecular weight is 563 g/mol. The van der Waals surface area contributed by atoms with Crippen molar-refractivity contribution in [2.45, 2.75) is 68.0 Å². The van der Waals surface area contributed by atoms with Gasteiger partial charge < -0.3 is 25.4 Å². The molecular weight excluding hydrogens is 528 g/mol. The lowest BCUT2D eigenvalue weighted by atomic mass is 10.0. The van der Waals surface area contributed by atoms with Crippen LogP contribution in [0.5, 0.6) is 11.5 Å². The van der Waals surface area contributed by atoms with E-state index in [9.17, 15) is 15.3 Å². The molecule has 210 valence electrons. The summed E-state index contributed by atoms with van der Waals surface area (Å²) in [5, 5.41) is 43.7. The molecule has 4 N–H and O–H groups in total. The number of anilines is 1. The van der Waals surface area contributed by atoms with Crippen LogP contribution in [0.4, 0.5) is 5.82 Å². The van der Waals surface area contributed by atoms with Crippen molar-refractivity contribution < 1.29 is 20.1 Å². The van der Waals surface area contributed by atoms with E-state index >= 15 is 0 Å². The number of fused-ring (bicyclic) bond motifs is 1. The molecule has 0 aliphatic heterocycles. The number of hydrogen-bond donors (Lipinski definition) is 4. The summed E-state index contributed by atoms with van der Waals surface area (Å²) in [6, 6.07) is 17.7. The molecule has 2 aromatic heterocycles. The van der Waals surface area contributed by atoms with Gasteiger partial charge in [-0.3, -0.25) is 0 Å². The van der Waals surface area contributed by atoms with E-state index in [0.29, 0.717) is 40.9 Å². The van der Waals surface area contributed by atoms with Gasteiger partial charge in [0.05, 0.1) is 12.1 Å². The second kappa shape index (κ2) is 11.7. The van der Waals surface area contributed by atoms with Crippen molar-refractivity contribution in [3.05, 3.63) is 60.2 Å². The number of benzene rings is 2. The molecule has 2 aliphatic carbocycles. The Morgan fingerprint density at radius 2 is 1.77 bits per heavy atom. The van der Waals surface area contributed by atoms with E-state index in [-0.39, 0.29) is 18.6 Å². The van der Waals surface area contributed by atoms with Crippen molar-refractivity contribution in [2.75, 3.05) is 17.7 Å². The summed E-state index contributed by atoms with van der Waals surface area (Å²) in [7, 11) is 0. The second-order valence-corrected chi connectivity index (χ2v) is 11.6. The minimum atomic E-state index is -1.01. The van der Waals surface area contributed by atoms with Crippen molar-refractivity contribution >= 4 is 28.7 Å². The quantitative estimate of drug-likeness (QED) is 0.156. The molecule has 10 nitrogen and oxygen atoms in total. The molecule has 2 aliphatic rings. The first-order valence-electron chi connectivity index (χ1n) is 13.9. The molecule has 40 heavy (non-hydrogen) atoms. The second-order valence-electron chi connectivity index (χ2n) is 10.5. The van der Waals surface area contributed by atoms with Gasteiger partial charge in [0.15, 0.2) is 22.1 Å². The van der Waals surface area contributed by atoms with Crippen LogP contribution in [-0.4, -0.2) is 70.9 Å². The number of thioether (sulfide) groups is 1. The largest absolute Gasteiger partial charge is 0.457 e. The Bertz CT molecular complexity index is 1440. The van der Waals surface area contributed by atoms with Gasteiger partial charge in [0.2, 0.25) is 0 Å². The fourth-order valence-electron chi connectivity index (χ4n) is 5.49. The van der Waals surface area contributed by atoms with Crippen molar-refractivity contribution in [3.63, 3.8) is 0 Å². The van der Waals surface area contributed by atoms with E-state index in [2.05, 4.69) is 34.7 Å². The normalized spacial score (nSPS) is 25.8. The van der Waals surface area contributed by atoms with E-state index in [1.165, 1.54) is 5.56 Å². The molecule has 0 amide bonds. The summed E-state index contributed by atoms with van der Waals surface area (Å²) in [5.41, 5.74) is 2.31. The molecule has 2 saturated carbocycles. The Balaban J connectivity index is 1.21. The molecular formula is C29H34N6O4S. The fourth-order valence-corrected chi connectivity index (χ4v) is 6.19. The van der Waals surface area contributed by atoms with Crippen molar-refractivity contribution in [3.8, 4) is 11.5 Å². The van der Waals surface area contributed by atoms with E-state index in [1.807, 2.05) is 42.5 Å². The first-order chi connectivity index (χ1) is 19.6. The van der Waals surface area contributed by atoms with Gasteiger partial charge in [0.25, 0.3) is 0 Å². The number of nitrogens with one attached hydrogen (secondary N) is 1. The van der Waals surface area contributed by atoms with Crippen LogP contribution in [0.15, 0.2) is 59.8 Å². The number of aliphatic hydroxyl groups is 3. The number of nitrogens with zero attached hydrogens (tertiary/aromatic N) is 5. The zero-order valence-corrected chi connectivity index (χ0v) is 23.1. The minimum absolute atomic E-state index is 0.0430. The Hall–Kier alpha value is -3.25. The van der Waals surface area contributed by atoms with Crippen LogP contribution in [0.2, 0.25) is 0 Å². The maximum absolute atomic E-state index is 10.8. The van der Waals surface area contributed by atoms with Crippen molar-refractivity contribution in [1.29, 1.82) is 0 Å². The zero-order chi connectivity index (χ0) is 27.6. The number of rotatable bonds is 11. The topological polar surface area (TPSA) is 138 Å². The van der Waals surface area contributed by atoms with Crippen LogP contribution in [0, 0.1) is 5.92 Å². The summed E-state index contributed by atoms with van der Waals surface area (Å²) in [6.45, 7) is 2.07. The predicted octanol–water partition coefficient (Wildman–Crippen LogP) is 4.15. The smallest absolute Gasteiger partial charge is 0.191 e. The molecule has 0 spiro atoms. The van der Waals surface area contributed by atoms with E-state index in [4.69, 9.17) is 14.7 Å². The molecule has 0 bridgehead atoms.